The highest BCUT2D eigenvalue weighted by Crippen LogP contribution is 2.53. The molecule has 25 nitrogen and oxygen atoms in total. The van der Waals surface area contributed by atoms with E-state index in [0.29, 0.717) is 56.0 Å². The van der Waals surface area contributed by atoms with Gasteiger partial charge >= 0.3 is 24.1 Å². The molecule has 0 radical (unpaired) electrons. The molecule has 4 saturated heterocycles. The van der Waals surface area contributed by atoms with E-state index >= 15 is 0 Å². The molecule has 0 unspecified atom stereocenters. The number of methoxy groups -OCH3 is 2. The van der Waals surface area contributed by atoms with E-state index in [4.69, 9.17) is 9.47 Å². The van der Waals surface area contributed by atoms with Crippen LogP contribution in [0.15, 0.2) is 224 Å². The van der Waals surface area contributed by atoms with Crippen molar-refractivity contribution in [3.05, 3.63) is 275 Å². The van der Waals surface area contributed by atoms with Crippen molar-refractivity contribution in [2.24, 2.45) is 0 Å². The van der Waals surface area contributed by atoms with Crippen LogP contribution in [0.3, 0.4) is 0 Å². The average Bonchev–Trinajstić information content (AvgIpc) is 1.59. The van der Waals surface area contributed by atoms with Gasteiger partial charge in [-0.3, -0.25) is 53.5 Å². The SMILES string of the molecule is CN(C)C1(c2ccccc2)CCC2(CC1)CN(c1cccc3c1CC(=O)N3)C(=O)N2.CN(C)C1(c2ccccc2)CCC2(CC1)CNC(=O)N2.COc1ccc(CN2C(=O)C(=O)c3c(N4CC5(CCC(c6ccccc6)(N(C)C)CC5)NC4=O)cccc32)cc1.COc1ccc(CN2C(=O)Cc3c2cccc3N2CC3(CCC(c4ccccc4)(N(C)C)CC3)NC2=O)cc1. The molecule has 9 aromatic rings. The summed E-state index contributed by atoms with van der Waals surface area (Å²) in [5.74, 6) is 0.397. The van der Waals surface area contributed by atoms with Gasteiger partial charge in [-0.1, -0.05) is 164 Å². The highest BCUT2D eigenvalue weighted by Gasteiger charge is 2.56. The van der Waals surface area contributed by atoms with Gasteiger partial charge in [0.1, 0.15) is 11.5 Å². The maximum absolute atomic E-state index is 13.4. The lowest BCUT2D eigenvalue weighted by Gasteiger charge is -2.48. The van der Waals surface area contributed by atoms with Crippen molar-refractivity contribution >= 4 is 81.8 Å². The number of rotatable bonds is 17. The molecule has 11 aliphatic rings. The van der Waals surface area contributed by atoms with Gasteiger partial charge in [-0.2, -0.15) is 0 Å². The van der Waals surface area contributed by atoms with E-state index in [9.17, 15) is 38.4 Å². The second kappa shape index (κ2) is 35.6. The second-order valence-electron chi connectivity index (χ2n) is 38.2. The molecule has 25 heteroatoms. The lowest BCUT2D eigenvalue weighted by atomic mass is 9.69. The van der Waals surface area contributed by atoms with Gasteiger partial charge in [0.2, 0.25) is 11.8 Å². The number of carbonyl (C=O) groups excluding carboxylic acids is 8. The van der Waals surface area contributed by atoms with Crippen LogP contribution in [-0.2, 0) is 62.5 Å². The minimum absolute atomic E-state index is 0.00497. The number of amides is 11. The van der Waals surface area contributed by atoms with E-state index in [-0.39, 0.29) is 86.8 Å². The Labute approximate surface area is 757 Å². The van der Waals surface area contributed by atoms with Crippen molar-refractivity contribution in [1.29, 1.82) is 0 Å². The summed E-state index contributed by atoms with van der Waals surface area (Å²) in [6.45, 7) is 3.24. The molecule has 4 saturated carbocycles. The first-order valence-electron chi connectivity index (χ1n) is 45.5. The highest BCUT2D eigenvalue weighted by molar-refractivity contribution is 6.53. The van der Waals surface area contributed by atoms with E-state index in [1.165, 1.54) is 27.2 Å². The van der Waals surface area contributed by atoms with Crippen LogP contribution >= 0.6 is 0 Å². The Morgan fingerprint density at radius 3 is 1.05 bits per heavy atom. The predicted octanol–water partition coefficient (Wildman–Crippen LogP) is 15.4. The lowest BCUT2D eigenvalue weighted by Crippen LogP contribution is -2.54. The molecule has 129 heavy (non-hydrogen) atoms. The Hall–Kier alpha value is -12.4. The first-order chi connectivity index (χ1) is 62.1. The van der Waals surface area contributed by atoms with Crippen LogP contribution in [0.2, 0.25) is 0 Å². The summed E-state index contributed by atoms with van der Waals surface area (Å²) >= 11 is 0. The van der Waals surface area contributed by atoms with Gasteiger partial charge < -0.3 is 51.2 Å². The van der Waals surface area contributed by atoms with Crippen LogP contribution in [0.4, 0.5) is 53.3 Å². The zero-order valence-corrected chi connectivity index (χ0v) is 75.9. The Balaban J connectivity index is 0.000000124. The molecule has 20 rings (SSSR count). The first kappa shape index (κ1) is 88.6. The van der Waals surface area contributed by atoms with Crippen molar-refractivity contribution in [1.82, 2.24) is 46.2 Å². The Morgan fingerprint density at radius 1 is 0.333 bits per heavy atom. The van der Waals surface area contributed by atoms with Crippen LogP contribution in [0.1, 0.15) is 158 Å². The van der Waals surface area contributed by atoms with Crippen molar-refractivity contribution in [2.75, 3.05) is 127 Å². The van der Waals surface area contributed by atoms with E-state index in [2.05, 4.69) is 223 Å². The van der Waals surface area contributed by atoms with Crippen molar-refractivity contribution in [3.8, 4) is 11.5 Å². The third-order valence-corrected chi connectivity index (χ3v) is 30.7. The molecular weight excluding hydrogens is 1620 g/mol. The van der Waals surface area contributed by atoms with Gasteiger partial charge in [-0.15, -0.1) is 0 Å². The quantitative estimate of drug-likeness (QED) is 0.0464. The first-order valence-corrected chi connectivity index (χ1v) is 45.5. The van der Waals surface area contributed by atoms with E-state index in [1.807, 2.05) is 112 Å². The Kier molecular flexibility index (Phi) is 24.4. The van der Waals surface area contributed by atoms with Gasteiger partial charge in [0.25, 0.3) is 11.7 Å². The highest BCUT2D eigenvalue weighted by atomic mass is 16.5. The summed E-state index contributed by atoms with van der Waals surface area (Å²) < 4.78 is 10.5. The number of ether oxygens (including phenoxy) is 2. The smallest absolute Gasteiger partial charge is 0.322 e. The van der Waals surface area contributed by atoms with Crippen LogP contribution in [0.25, 0.3) is 0 Å². The predicted molar refractivity (Wildman–Crippen MR) is 504 cm³/mol. The number of hydrogen-bond donors (Lipinski definition) is 6. The average molecular weight is 1740 g/mol. The molecule has 7 aliphatic heterocycles. The normalized spacial score (nSPS) is 26.5. The Morgan fingerprint density at radius 2 is 0.674 bits per heavy atom. The maximum Gasteiger partial charge on any atom is 0.322 e. The van der Waals surface area contributed by atoms with E-state index in [1.54, 1.807) is 31.3 Å². The summed E-state index contributed by atoms with van der Waals surface area (Å²) in [5.41, 5.74) is 13.0. The molecule has 672 valence electrons. The second-order valence-corrected chi connectivity index (χ2v) is 38.2. The standard InChI is InChI=1S/C32H34N4O4.C32H36N4O3.C24H28N4O2.C16H23N3O/c1-34(2)32(23-8-5-4-6-9-23)18-16-31(17-19-32)21-36(30(39)33-31)26-11-7-10-25-27(26)28(37)29(38)35(25)20-22-12-14-24(40-3)15-13-22;1-34(2)32(24-8-5-4-6-9-24)18-16-31(17-19-32)22-36(30(38)33-31)28-11-7-10-27-26(28)20-29(37)35(27)21-23-12-14-25(39-3)15-13-23;1-27(2)24(17-7-4-3-5-8-17)13-11-23(12-14-24)16-28(22(30)26-23)20-10-6-9-19-18(20)15-21(29)25-19;1-19(2)16(13-6-4-3-5-7-13)10-8-15(9-11-16)12-17-14(20)18-15/h4-15H,16-21H2,1-3H3,(H,33,39);4-15H,16-22H2,1-3H3,(H,33,38);3-10H,11-16H2,1-2H3,(H,25,29)(H,26,30);3-7H,8-12H2,1-2H3,(H2,17,18,20). The summed E-state index contributed by atoms with van der Waals surface area (Å²) in [5, 5.41) is 18.9. The van der Waals surface area contributed by atoms with Gasteiger partial charge in [-0.05, 0) is 253 Å². The summed E-state index contributed by atoms with van der Waals surface area (Å²) in [6.07, 6.45) is 15.8. The van der Waals surface area contributed by atoms with Crippen LogP contribution in [-0.4, -0.2) is 186 Å². The molecule has 4 aliphatic carbocycles. The summed E-state index contributed by atoms with van der Waals surface area (Å²) in [4.78, 5) is 121. The topological polar surface area (TPSA) is 256 Å². The number of urea groups is 4. The zero-order valence-electron chi connectivity index (χ0n) is 75.9. The molecular formula is C104H121N15O10. The number of fused-ring (bicyclic) bond motifs is 3. The van der Waals surface area contributed by atoms with Gasteiger partial charge in [0.05, 0.1) is 110 Å². The largest absolute Gasteiger partial charge is 0.497 e. The van der Waals surface area contributed by atoms with E-state index < -0.39 is 11.7 Å². The number of nitrogens with zero attached hydrogens (tertiary/aromatic N) is 9. The van der Waals surface area contributed by atoms with Gasteiger partial charge in [0.15, 0.2) is 0 Å². The third kappa shape index (κ3) is 16.7. The summed E-state index contributed by atoms with van der Waals surface area (Å²) in [6, 6.07) is 74.7. The number of nitrogens with one attached hydrogen (secondary N) is 6. The monoisotopic (exact) mass is 1740 g/mol. The van der Waals surface area contributed by atoms with Gasteiger partial charge in [0, 0.05) is 51.2 Å². The fraction of sp³-hybridized carbons (Fsp3) is 0.404. The van der Waals surface area contributed by atoms with E-state index in [0.717, 1.165) is 166 Å². The molecule has 6 N–H and O–H groups in total. The fourth-order valence-corrected chi connectivity index (χ4v) is 22.8. The maximum atomic E-state index is 13.4. The number of anilines is 6. The summed E-state index contributed by atoms with van der Waals surface area (Å²) in [7, 11) is 20.4. The number of carbonyl (C=O) groups is 8. The van der Waals surface area contributed by atoms with Crippen LogP contribution in [0.5, 0.6) is 11.5 Å². The molecule has 0 aromatic heterocycles. The molecule has 0 atom stereocenters. The van der Waals surface area contributed by atoms with Crippen molar-refractivity contribution < 1.29 is 47.8 Å². The number of ketones is 1. The third-order valence-electron chi connectivity index (χ3n) is 30.7. The van der Waals surface area contributed by atoms with Gasteiger partial charge in [-0.25, -0.2) is 19.2 Å². The lowest BCUT2D eigenvalue weighted by molar-refractivity contribution is -0.117. The zero-order chi connectivity index (χ0) is 90.4. The minimum atomic E-state index is -0.580. The molecule has 7 heterocycles. The molecule has 9 aromatic carbocycles. The number of hydrogen-bond acceptors (Lipinski definition) is 14. The molecule has 4 spiro atoms. The number of Topliss-reactive ketones (excluding diaryl/α,β-unsaturated/α-hetero) is 1. The molecule has 0 bridgehead atoms. The van der Waals surface area contributed by atoms with Crippen LogP contribution < -0.4 is 65.9 Å². The van der Waals surface area contributed by atoms with Crippen LogP contribution in [0, 0.1) is 0 Å². The number of benzene rings is 9. The molecule has 11 amide bonds. The minimum Gasteiger partial charge on any atom is -0.497 e. The molecule has 8 fully saturated rings. The fourth-order valence-electron chi connectivity index (χ4n) is 22.8. The Bertz CT molecular complexity index is 5660. The van der Waals surface area contributed by atoms with Crippen molar-refractivity contribution in [3.63, 3.8) is 0 Å². The van der Waals surface area contributed by atoms with Crippen molar-refractivity contribution in [2.45, 2.75) is 173 Å².